The quantitative estimate of drug-likeness (QED) is 0.840. The average molecular weight is 306 g/mol. The summed E-state index contributed by atoms with van der Waals surface area (Å²) in [5.41, 5.74) is 0.435. The molecule has 0 aliphatic rings. The molecule has 0 bridgehead atoms. The molecular weight excluding hydrogens is 290 g/mol. The summed E-state index contributed by atoms with van der Waals surface area (Å²) < 4.78 is 26.1. The van der Waals surface area contributed by atoms with Crippen LogP contribution in [0.2, 0.25) is 5.02 Å². The first-order chi connectivity index (χ1) is 8.73. The molecule has 0 saturated carbocycles. The van der Waals surface area contributed by atoms with Crippen LogP contribution in [-0.2, 0) is 20.6 Å². The fourth-order valence-electron chi connectivity index (χ4n) is 1.53. The van der Waals surface area contributed by atoms with Gasteiger partial charge in [-0.2, -0.15) is 0 Å². The number of carboxylic acid groups (broad SMARTS) is 1. The first kappa shape index (κ1) is 15.9. The number of halogens is 1. The molecule has 0 fully saturated rings. The van der Waals surface area contributed by atoms with E-state index in [1.165, 1.54) is 0 Å². The van der Waals surface area contributed by atoms with Crippen molar-refractivity contribution in [2.45, 2.75) is 25.6 Å². The second-order valence-electron chi connectivity index (χ2n) is 4.53. The van der Waals surface area contributed by atoms with Gasteiger partial charge in [-0.1, -0.05) is 43.6 Å². The van der Waals surface area contributed by atoms with Gasteiger partial charge in [0.1, 0.15) is 6.04 Å². The molecule has 0 aliphatic heterocycles. The van der Waals surface area contributed by atoms with Crippen molar-refractivity contribution in [1.29, 1.82) is 0 Å². The van der Waals surface area contributed by atoms with E-state index in [-0.39, 0.29) is 11.7 Å². The van der Waals surface area contributed by atoms with Crippen LogP contribution in [0.5, 0.6) is 0 Å². The first-order valence-corrected chi connectivity index (χ1v) is 7.72. The summed E-state index contributed by atoms with van der Waals surface area (Å²) in [5.74, 6) is -1.89. The zero-order chi connectivity index (χ0) is 14.6. The summed E-state index contributed by atoms with van der Waals surface area (Å²) in [6.07, 6.45) is 0. The minimum atomic E-state index is -3.76. The Morgan fingerprint density at radius 2 is 1.95 bits per heavy atom. The third-order valence-corrected chi connectivity index (χ3v) is 4.22. The van der Waals surface area contributed by atoms with Crippen molar-refractivity contribution in [3.63, 3.8) is 0 Å². The van der Waals surface area contributed by atoms with Crippen molar-refractivity contribution < 1.29 is 18.3 Å². The van der Waals surface area contributed by atoms with Gasteiger partial charge < -0.3 is 5.11 Å². The first-order valence-electron chi connectivity index (χ1n) is 5.69. The Bertz CT molecular complexity index is 557. The number of carboxylic acids is 1. The van der Waals surface area contributed by atoms with Crippen LogP contribution < -0.4 is 4.72 Å². The van der Waals surface area contributed by atoms with Gasteiger partial charge in [-0.25, -0.2) is 13.1 Å². The second kappa shape index (κ2) is 6.36. The van der Waals surface area contributed by atoms with E-state index >= 15 is 0 Å². The topological polar surface area (TPSA) is 83.5 Å². The number of aliphatic carboxylic acids is 1. The van der Waals surface area contributed by atoms with E-state index in [0.717, 1.165) is 0 Å². The fourth-order valence-corrected chi connectivity index (χ4v) is 3.31. The van der Waals surface area contributed by atoms with Gasteiger partial charge in [0.15, 0.2) is 0 Å². The van der Waals surface area contributed by atoms with E-state index in [2.05, 4.69) is 4.72 Å². The summed E-state index contributed by atoms with van der Waals surface area (Å²) in [6, 6.07) is 5.40. The SMILES string of the molecule is CC(C)[C@@H](NS(=O)(=O)Cc1ccccc1Cl)C(=O)O. The Balaban J connectivity index is 2.88. The summed E-state index contributed by atoms with van der Waals surface area (Å²) >= 11 is 5.88. The van der Waals surface area contributed by atoms with E-state index in [9.17, 15) is 13.2 Å². The largest absolute Gasteiger partial charge is 0.480 e. The molecule has 0 spiro atoms. The Morgan fingerprint density at radius 3 is 2.42 bits per heavy atom. The average Bonchev–Trinajstić information content (AvgIpc) is 2.28. The maximum Gasteiger partial charge on any atom is 0.321 e. The number of hydrogen-bond donors (Lipinski definition) is 2. The summed E-state index contributed by atoms with van der Waals surface area (Å²) in [7, 11) is -3.76. The van der Waals surface area contributed by atoms with Gasteiger partial charge in [0.25, 0.3) is 0 Å². The molecule has 5 nitrogen and oxygen atoms in total. The van der Waals surface area contributed by atoms with Gasteiger partial charge in [-0.05, 0) is 17.5 Å². The highest BCUT2D eigenvalue weighted by atomic mass is 35.5. The Kier molecular flexibility index (Phi) is 5.34. The van der Waals surface area contributed by atoms with Crippen molar-refractivity contribution in [3.8, 4) is 0 Å². The fraction of sp³-hybridized carbons (Fsp3) is 0.417. The molecular formula is C12H16ClNO4S. The molecule has 1 aromatic rings. The third-order valence-electron chi connectivity index (χ3n) is 2.54. The molecule has 0 heterocycles. The van der Waals surface area contributed by atoms with Crippen molar-refractivity contribution in [1.82, 2.24) is 4.72 Å². The molecule has 19 heavy (non-hydrogen) atoms. The van der Waals surface area contributed by atoms with Gasteiger partial charge in [-0.3, -0.25) is 4.79 Å². The Labute approximate surface area is 117 Å². The van der Waals surface area contributed by atoms with E-state index in [1.807, 2.05) is 0 Å². The maximum absolute atomic E-state index is 11.9. The lowest BCUT2D eigenvalue weighted by atomic mass is 10.1. The van der Waals surface area contributed by atoms with E-state index in [0.29, 0.717) is 10.6 Å². The molecule has 0 saturated heterocycles. The molecule has 1 aromatic carbocycles. The number of sulfonamides is 1. The highest BCUT2D eigenvalue weighted by Crippen LogP contribution is 2.17. The van der Waals surface area contributed by atoms with Crippen molar-refractivity contribution in [2.75, 3.05) is 0 Å². The number of hydrogen-bond acceptors (Lipinski definition) is 3. The molecule has 0 aromatic heterocycles. The number of carbonyl (C=O) groups is 1. The smallest absolute Gasteiger partial charge is 0.321 e. The van der Waals surface area contributed by atoms with E-state index in [1.54, 1.807) is 38.1 Å². The zero-order valence-electron chi connectivity index (χ0n) is 10.6. The zero-order valence-corrected chi connectivity index (χ0v) is 12.2. The van der Waals surface area contributed by atoms with Crippen LogP contribution in [0.1, 0.15) is 19.4 Å². The normalized spacial score (nSPS) is 13.5. The lowest BCUT2D eigenvalue weighted by Crippen LogP contribution is -2.44. The summed E-state index contributed by atoms with van der Waals surface area (Å²) in [6.45, 7) is 3.27. The van der Waals surface area contributed by atoms with Gasteiger partial charge in [0, 0.05) is 5.02 Å². The molecule has 0 aliphatic carbocycles. The molecule has 106 valence electrons. The maximum atomic E-state index is 11.9. The lowest BCUT2D eigenvalue weighted by Gasteiger charge is -2.18. The van der Waals surface area contributed by atoms with Gasteiger partial charge in [0.05, 0.1) is 5.75 Å². The number of nitrogens with one attached hydrogen (secondary N) is 1. The van der Waals surface area contributed by atoms with Crippen LogP contribution in [0, 0.1) is 5.92 Å². The molecule has 0 amide bonds. The van der Waals surface area contributed by atoms with Gasteiger partial charge in [0.2, 0.25) is 10.0 Å². The molecule has 0 radical (unpaired) electrons. The Hall–Kier alpha value is -1.11. The van der Waals surface area contributed by atoms with Crippen LogP contribution in [-0.4, -0.2) is 25.5 Å². The van der Waals surface area contributed by atoms with Crippen LogP contribution in [0.3, 0.4) is 0 Å². The monoisotopic (exact) mass is 305 g/mol. The van der Waals surface area contributed by atoms with Crippen LogP contribution in [0.4, 0.5) is 0 Å². The van der Waals surface area contributed by atoms with E-state index < -0.39 is 22.0 Å². The van der Waals surface area contributed by atoms with Crippen LogP contribution in [0.25, 0.3) is 0 Å². The lowest BCUT2D eigenvalue weighted by molar-refractivity contribution is -0.140. The molecule has 1 rings (SSSR count). The third kappa shape index (κ3) is 4.81. The van der Waals surface area contributed by atoms with Gasteiger partial charge >= 0.3 is 5.97 Å². The standard InChI is InChI=1S/C12H16ClNO4S/c1-8(2)11(12(15)16)14-19(17,18)7-9-5-3-4-6-10(9)13/h3-6,8,11,14H,7H2,1-2H3,(H,15,16)/t11-/m1/s1. The number of benzene rings is 1. The van der Waals surface area contributed by atoms with Crippen molar-refractivity contribution in [2.24, 2.45) is 5.92 Å². The predicted molar refractivity (Wildman–Crippen MR) is 73.5 cm³/mol. The van der Waals surface area contributed by atoms with Crippen LogP contribution in [0.15, 0.2) is 24.3 Å². The number of rotatable bonds is 6. The predicted octanol–water partition coefficient (Wildman–Crippen LogP) is 1.87. The van der Waals surface area contributed by atoms with E-state index in [4.69, 9.17) is 16.7 Å². The highest BCUT2D eigenvalue weighted by Gasteiger charge is 2.27. The summed E-state index contributed by atoms with van der Waals surface area (Å²) in [5, 5.41) is 9.31. The Morgan fingerprint density at radius 1 is 1.37 bits per heavy atom. The summed E-state index contributed by atoms with van der Waals surface area (Å²) in [4.78, 5) is 11.0. The molecule has 1 atom stereocenters. The minimum absolute atomic E-state index is 0.337. The minimum Gasteiger partial charge on any atom is -0.480 e. The van der Waals surface area contributed by atoms with Crippen LogP contribution >= 0.6 is 11.6 Å². The second-order valence-corrected chi connectivity index (χ2v) is 6.69. The van der Waals surface area contributed by atoms with Crippen molar-refractivity contribution >= 4 is 27.6 Å². The molecule has 0 unspecified atom stereocenters. The molecule has 2 N–H and O–H groups in total. The van der Waals surface area contributed by atoms with Gasteiger partial charge in [-0.15, -0.1) is 0 Å². The highest BCUT2D eigenvalue weighted by molar-refractivity contribution is 7.88. The van der Waals surface area contributed by atoms with Crippen molar-refractivity contribution in [3.05, 3.63) is 34.9 Å². The molecule has 7 heteroatoms.